The first-order valence-electron chi connectivity index (χ1n) is 7.97. The summed E-state index contributed by atoms with van der Waals surface area (Å²) in [4.78, 5) is 16.2. The lowest BCUT2D eigenvalue weighted by Crippen LogP contribution is -2.47. The van der Waals surface area contributed by atoms with Crippen LogP contribution in [-0.4, -0.2) is 70.2 Å². The van der Waals surface area contributed by atoms with E-state index in [0.29, 0.717) is 19.5 Å². The third-order valence-corrected chi connectivity index (χ3v) is 5.31. The lowest BCUT2D eigenvalue weighted by Gasteiger charge is -2.32. The van der Waals surface area contributed by atoms with Gasteiger partial charge in [-0.25, -0.2) is 12.8 Å². The van der Waals surface area contributed by atoms with E-state index in [0.717, 1.165) is 23.7 Å². The Kier molecular flexibility index (Phi) is 6.17. The van der Waals surface area contributed by atoms with E-state index in [1.165, 1.54) is 18.2 Å². The smallest absolute Gasteiger partial charge is 0.232 e. The fourth-order valence-electron chi connectivity index (χ4n) is 2.71. The highest BCUT2D eigenvalue weighted by Gasteiger charge is 2.22. The van der Waals surface area contributed by atoms with Crippen LogP contribution in [0.5, 0.6) is 0 Å². The molecule has 0 radical (unpaired) electrons. The minimum absolute atomic E-state index is 0.0186. The number of amides is 1. The highest BCUT2D eigenvalue weighted by atomic mass is 32.2. The van der Waals surface area contributed by atoms with Gasteiger partial charge in [0.05, 0.1) is 11.9 Å². The maximum absolute atomic E-state index is 13.9. The van der Waals surface area contributed by atoms with E-state index in [4.69, 9.17) is 0 Å². The fourth-order valence-corrected chi connectivity index (χ4v) is 3.67. The number of halogens is 1. The van der Waals surface area contributed by atoms with E-state index in [2.05, 4.69) is 4.90 Å². The second kappa shape index (κ2) is 7.94. The first-order chi connectivity index (χ1) is 11.3. The van der Waals surface area contributed by atoms with Crippen molar-refractivity contribution in [3.8, 4) is 0 Å². The number of hydrogen-bond acceptors (Lipinski definition) is 4. The second-order valence-electron chi connectivity index (χ2n) is 6.07. The molecule has 1 heterocycles. The zero-order valence-electron chi connectivity index (χ0n) is 14.1. The van der Waals surface area contributed by atoms with Gasteiger partial charge in [0.25, 0.3) is 0 Å². The molecule has 0 spiro atoms. The average Bonchev–Trinajstić information content (AvgIpc) is 2.52. The standard InChI is InChI=1S/C16H24FN3O3S/c1-18-10-12-19(13-11-18)16(21)8-5-9-20(24(2,22)23)15-7-4-3-6-14(15)17/h3-4,6-7H,5,8-13H2,1-2H3. The van der Waals surface area contributed by atoms with Gasteiger partial charge >= 0.3 is 0 Å². The Morgan fingerprint density at radius 3 is 2.42 bits per heavy atom. The molecule has 0 aromatic heterocycles. The van der Waals surface area contributed by atoms with Crippen LogP contribution >= 0.6 is 0 Å². The molecule has 0 saturated carbocycles. The molecule has 6 nitrogen and oxygen atoms in total. The number of anilines is 1. The third kappa shape index (κ3) is 4.91. The van der Waals surface area contributed by atoms with Crippen LogP contribution < -0.4 is 4.31 Å². The molecule has 1 aromatic rings. The number of piperazine rings is 1. The predicted molar refractivity (Wildman–Crippen MR) is 91.9 cm³/mol. The first-order valence-corrected chi connectivity index (χ1v) is 9.82. The number of sulfonamides is 1. The molecule has 1 aliphatic rings. The first kappa shape index (κ1) is 18.7. The summed E-state index contributed by atoms with van der Waals surface area (Å²) in [5.41, 5.74) is 0.0204. The Hall–Kier alpha value is -1.67. The molecular weight excluding hydrogens is 333 g/mol. The van der Waals surface area contributed by atoms with Crippen LogP contribution in [0, 0.1) is 5.82 Å². The van der Waals surface area contributed by atoms with Crippen molar-refractivity contribution in [3.63, 3.8) is 0 Å². The van der Waals surface area contributed by atoms with Gasteiger partial charge in [0, 0.05) is 39.1 Å². The summed E-state index contributed by atoms with van der Waals surface area (Å²) < 4.78 is 38.8. The molecule has 0 bridgehead atoms. The van der Waals surface area contributed by atoms with Gasteiger partial charge in [0.2, 0.25) is 15.9 Å². The zero-order valence-corrected chi connectivity index (χ0v) is 14.9. The number of carbonyl (C=O) groups is 1. The number of nitrogens with zero attached hydrogens (tertiary/aromatic N) is 3. The van der Waals surface area contributed by atoms with Crippen molar-refractivity contribution in [3.05, 3.63) is 30.1 Å². The highest BCUT2D eigenvalue weighted by Crippen LogP contribution is 2.22. The molecule has 1 saturated heterocycles. The predicted octanol–water partition coefficient (Wildman–Crippen LogP) is 1.15. The average molecular weight is 357 g/mol. The number of rotatable bonds is 6. The summed E-state index contributed by atoms with van der Waals surface area (Å²) in [6.07, 6.45) is 1.65. The van der Waals surface area contributed by atoms with Crippen molar-refractivity contribution in [1.29, 1.82) is 0 Å². The molecule has 8 heteroatoms. The van der Waals surface area contributed by atoms with Crippen LogP contribution in [0.2, 0.25) is 0 Å². The van der Waals surface area contributed by atoms with Gasteiger partial charge in [-0.15, -0.1) is 0 Å². The van der Waals surface area contributed by atoms with Gasteiger partial charge in [-0.1, -0.05) is 12.1 Å². The fraction of sp³-hybridized carbons (Fsp3) is 0.562. The largest absolute Gasteiger partial charge is 0.340 e. The van der Waals surface area contributed by atoms with Gasteiger partial charge in [0.15, 0.2) is 0 Å². The third-order valence-electron chi connectivity index (χ3n) is 4.13. The minimum atomic E-state index is -3.61. The molecule has 0 atom stereocenters. The van der Waals surface area contributed by atoms with E-state index in [-0.39, 0.29) is 24.6 Å². The summed E-state index contributed by atoms with van der Waals surface area (Å²) >= 11 is 0. The molecule has 134 valence electrons. The number of para-hydroxylation sites is 1. The molecule has 24 heavy (non-hydrogen) atoms. The van der Waals surface area contributed by atoms with Crippen molar-refractivity contribution in [2.45, 2.75) is 12.8 Å². The summed E-state index contributed by atoms with van der Waals surface area (Å²) in [6, 6.07) is 5.75. The topological polar surface area (TPSA) is 60.9 Å². The second-order valence-corrected chi connectivity index (χ2v) is 7.98. The maximum atomic E-state index is 13.9. The number of hydrogen-bond donors (Lipinski definition) is 0. The SMILES string of the molecule is CN1CCN(C(=O)CCCN(c2ccccc2F)S(C)(=O)=O)CC1. The molecule has 0 unspecified atom stereocenters. The number of likely N-dealkylation sites (N-methyl/N-ethyl adjacent to an activating group) is 1. The highest BCUT2D eigenvalue weighted by molar-refractivity contribution is 7.92. The lowest BCUT2D eigenvalue weighted by molar-refractivity contribution is -0.132. The maximum Gasteiger partial charge on any atom is 0.232 e. The minimum Gasteiger partial charge on any atom is -0.340 e. The molecule has 1 amide bonds. The van der Waals surface area contributed by atoms with Crippen molar-refractivity contribution in [2.75, 3.05) is 50.3 Å². The van der Waals surface area contributed by atoms with Gasteiger partial charge in [-0.3, -0.25) is 9.10 Å². The monoisotopic (exact) mass is 357 g/mol. The van der Waals surface area contributed by atoms with Crippen molar-refractivity contribution >= 4 is 21.6 Å². The van der Waals surface area contributed by atoms with Crippen LogP contribution in [0.15, 0.2) is 24.3 Å². The summed E-state index contributed by atoms with van der Waals surface area (Å²) in [6.45, 7) is 3.16. The number of benzene rings is 1. The van der Waals surface area contributed by atoms with Gasteiger partial charge < -0.3 is 9.80 Å². The Balaban J connectivity index is 1.95. The van der Waals surface area contributed by atoms with Crippen LogP contribution in [0.25, 0.3) is 0 Å². The van der Waals surface area contributed by atoms with Crippen molar-refractivity contribution < 1.29 is 17.6 Å². The summed E-state index contributed by atoms with van der Waals surface area (Å²) in [5.74, 6) is -0.571. The van der Waals surface area contributed by atoms with Crippen molar-refractivity contribution in [2.24, 2.45) is 0 Å². The lowest BCUT2D eigenvalue weighted by atomic mass is 10.2. The normalized spacial score (nSPS) is 16.2. The van der Waals surface area contributed by atoms with Crippen LogP contribution in [0.4, 0.5) is 10.1 Å². The van der Waals surface area contributed by atoms with Gasteiger partial charge in [-0.2, -0.15) is 0 Å². The molecular formula is C16H24FN3O3S. The van der Waals surface area contributed by atoms with E-state index in [1.807, 2.05) is 7.05 Å². The van der Waals surface area contributed by atoms with Gasteiger partial charge in [-0.05, 0) is 25.6 Å². The van der Waals surface area contributed by atoms with E-state index < -0.39 is 15.8 Å². The molecule has 1 aromatic carbocycles. The Morgan fingerprint density at radius 2 is 1.83 bits per heavy atom. The van der Waals surface area contributed by atoms with E-state index >= 15 is 0 Å². The Labute approximate surface area is 142 Å². The zero-order chi connectivity index (χ0) is 17.7. The molecule has 1 fully saturated rings. The molecule has 0 N–H and O–H groups in total. The molecule has 2 rings (SSSR count). The Bertz CT molecular complexity index is 673. The molecule has 0 aliphatic carbocycles. The molecule has 1 aliphatic heterocycles. The number of carbonyl (C=O) groups excluding carboxylic acids is 1. The van der Waals surface area contributed by atoms with Crippen LogP contribution in [0.3, 0.4) is 0 Å². The van der Waals surface area contributed by atoms with E-state index in [9.17, 15) is 17.6 Å². The Morgan fingerprint density at radius 1 is 1.21 bits per heavy atom. The van der Waals surface area contributed by atoms with Crippen LogP contribution in [0.1, 0.15) is 12.8 Å². The van der Waals surface area contributed by atoms with Crippen molar-refractivity contribution in [1.82, 2.24) is 9.80 Å². The quantitative estimate of drug-likeness (QED) is 0.766. The summed E-state index contributed by atoms with van der Waals surface area (Å²) in [5, 5.41) is 0. The van der Waals surface area contributed by atoms with Gasteiger partial charge in [0.1, 0.15) is 5.82 Å². The van der Waals surface area contributed by atoms with E-state index in [1.54, 1.807) is 11.0 Å². The summed E-state index contributed by atoms with van der Waals surface area (Å²) in [7, 11) is -1.59. The van der Waals surface area contributed by atoms with Crippen LogP contribution in [-0.2, 0) is 14.8 Å².